The van der Waals surface area contributed by atoms with Crippen molar-refractivity contribution in [1.82, 2.24) is 0 Å². The van der Waals surface area contributed by atoms with Crippen LogP contribution in [-0.2, 0) is 4.74 Å². The van der Waals surface area contributed by atoms with Crippen molar-refractivity contribution in [1.29, 1.82) is 0 Å². The first kappa shape index (κ1) is 14.5. The third kappa shape index (κ3) is 2.79. The highest BCUT2D eigenvalue weighted by Crippen LogP contribution is 2.49. The summed E-state index contributed by atoms with van der Waals surface area (Å²) in [7, 11) is 0. The first-order valence-corrected chi connectivity index (χ1v) is 9.58. The van der Waals surface area contributed by atoms with Crippen molar-refractivity contribution in [3.63, 3.8) is 0 Å². The lowest BCUT2D eigenvalue weighted by Crippen LogP contribution is -2.49. The Kier molecular flexibility index (Phi) is 4.04. The Morgan fingerprint density at radius 1 is 0.857 bits per heavy atom. The van der Waals surface area contributed by atoms with Gasteiger partial charge in [-0.1, -0.05) is 25.7 Å². The predicted molar refractivity (Wildman–Crippen MR) is 84.1 cm³/mol. The molecule has 4 rings (SSSR count). The van der Waals surface area contributed by atoms with Crippen LogP contribution in [0.15, 0.2) is 0 Å². The van der Waals surface area contributed by atoms with E-state index in [0.29, 0.717) is 11.8 Å². The van der Waals surface area contributed by atoms with Crippen molar-refractivity contribution < 1.29 is 9.84 Å². The molecule has 3 aliphatic carbocycles. The molecule has 3 saturated carbocycles. The van der Waals surface area contributed by atoms with Gasteiger partial charge in [0.05, 0.1) is 11.7 Å². The van der Waals surface area contributed by atoms with E-state index < -0.39 is 0 Å². The molecule has 0 aromatic carbocycles. The van der Waals surface area contributed by atoms with Crippen molar-refractivity contribution in [2.24, 2.45) is 23.7 Å². The van der Waals surface area contributed by atoms with Crippen LogP contribution in [0.1, 0.15) is 77.0 Å². The lowest BCUT2D eigenvalue weighted by molar-refractivity contribution is -0.163. The van der Waals surface area contributed by atoms with E-state index in [9.17, 15) is 5.11 Å². The van der Waals surface area contributed by atoms with Gasteiger partial charge >= 0.3 is 0 Å². The molecular weight excluding hydrogens is 260 g/mol. The van der Waals surface area contributed by atoms with Gasteiger partial charge in [0.2, 0.25) is 0 Å². The first-order chi connectivity index (χ1) is 10.3. The second kappa shape index (κ2) is 5.85. The maximum absolute atomic E-state index is 11.0. The molecule has 120 valence electrons. The lowest BCUT2D eigenvalue weighted by Gasteiger charge is -2.50. The third-order valence-electron chi connectivity index (χ3n) is 7.34. The smallest absolute Gasteiger partial charge is 0.0686 e. The van der Waals surface area contributed by atoms with Gasteiger partial charge < -0.3 is 9.84 Å². The molecule has 1 heterocycles. The highest BCUT2D eigenvalue weighted by atomic mass is 16.5. The van der Waals surface area contributed by atoms with E-state index in [1.54, 1.807) is 0 Å². The molecule has 0 amide bonds. The number of rotatable bonds is 2. The lowest BCUT2D eigenvalue weighted by atomic mass is 9.63. The summed E-state index contributed by atoms with van der Waals surface area (Å²) in [6, 6.07) is 0. The van der Waals surface area contributed by atoms with Gasteiger partial charge in [-0.25, -0.2) is 0 Å². The number of ether oxygens (including phenoxy) is 1. The average Bonchev–Trinajstić information content (AvgIpc) is 2.52. The predicted octanol–water partition coefficient (Wildman–Crippen LogP) is 4.30. The Morgan fingerprint density at radius 2 is 1.67 bits per heavy atom. The first-order valence-electron chi connectivity index (χ1n) is 9.58. The van der Waals surface area contributed by atoms with Gasteiger partial charge in [-0.15, -0.1) is 0 Å². The zero-order valence-electron chi connectivity index (χ0n) is 13.4. The zero-order chi connectivity index (χ0) is 14.3. The monoisotopic (exact) mass is 292 g/mol. The Balaban J connectivity index is 1.37. The minimum absolute atomic E-state index is 0.0470. The van der Waals surface area contributed by atoms with Crippen LogP contribution in [0.3, 0.4) is 0 Å². The van der Waals surface area contributed by atoms with Crippen LogP contribution in [0, 0.1) is 23.7 Å². The summed E-state index contributed by atoms with van der Waals surface area (Å²) in [4.78, 5) is 0. The second-order valence-electron chi connectivity index (χ2n) is 8.51. The Hall–Kier alpha value is -0.0800. The molecule has 1 spiro atoms. The fourth-order valence-electron chi connectivity index (χ4n) is 5.88. The van der Waals surface area contributed by atoms with Gasteiger partial charge in [0.25, 0.3) is 0 Å². The number of fused-ring (bicyclic) bond motifs is 1. The molecule has 2 nitrogen and oxygen atoms in total. The molecule has 2 heteroatoms. The summed E-state index contributed by atoms with van der Waals surface area (Å²) in [6.07, 6.45) is 15.8. The van der Waals surface area contributed by atoms with Crippen LogP contribution in [0.2, 0.25) is 0 Å². The minimum Gasteiger partial charge on any atom is -0.393 e. The molecule has 5 atom stereocenters. The van der Waals surface area contributed by atoms with Crippen LogP contribution in [-0.4, -0.2) is 23.4 Å². The van der Waals surface area contributed by atoms with Crippen LogP contribution in [0.5, 0.6) is 0 Å². The van der Waals surface area contributed by atoms with Gasteiger partial charge in [0, 0.05) is 6.61 Å². The van der Waals surface area contributed by atoms with E-state index in [4.69, 9.17) is 4.74 Å². The topological polar surface area (TPSA) is 29.5 Å². The van der Waals surface area contributed by atoms with Crippen LogP contribution in [0.4, 0.5) is 0 Å². The number of hydrogen-bond donors (Lipinski definition) is 1. The third-order valence-corrected chi connectivity index (χ3v) is 7.34. The highest BCUT2D eigenvalue weighted by Gasteiger charge is 2.46. The summed E-state index contributed by atoms with van der Waals surface area (Å²) in [5.41, 5.74) is 0.186. The van der Waals surface area contributed by atoms with E-state index >= 15 is 0 Å². The SMILES string of the molecule is OC(C1CCC2CCCCC2C1)C1CCOC2(CCC2)C1. The van der Waals surface area contributed by atoms with Crippen molar-refractivity contribution in [2.45, 2.75) is 88.8 Å². The molecule has 0 aromatic rings. The van der Waals surface area contributed by atoms with Gasteiger partial charge in [0.1, 0.15) is 0 Å². The Labute approximate surface area is 129 Å². The summed E-state index contributed by atoms with van der Waals surface area (Å²) in [5, 5.41) is 11.0. The van der Waals surface area contributed by atoms with Crippen LogP contribution < -0.4 is 0 Å². The molecular formula is C19H32O2. The summed E-state index contributed by atoms with van der Waals surface area (Å²) >= 11 is 0. The van der Waals surface area contributed by atoms with Crippen molar-refractivity contribution in [2.75, 3.05) is 6.61 Å². The maximum Gasteiger partial charge on any atom is 0.0686 e. The molecule has 1 saturated heterocycles. The number of aliphatic hydroxyl groups is 1. The molecule has 0 bridgehead atoms. The number of aliphatic hydroxyl groups excluding tert-OH is 1. The molecule has 1 aliphatic heterocycles. The van der Waals surface area contributed by atoms with Crippen molar-refractivity contribution >= 4 is 0 Å². The minimum atomic E-state index is -0.0470. The van der Waals surface area contributed by atoms with E-state index in [0.717, 1.165) is 31.3 Å². The number of hydrogen-bond acceptors (Lipinski definition) is 2. The zero-order valence-corrected chi connectivity index (χ0v) is 13.4. The summed E-state index contributed by atoms with van der Waals surface area (Å²) in [5.74, 6) is 3.04. The van der Waals surface area contributed by atoms with E-state index in [-0.39, 0.29) is 11.7 Å². The Morgan fingerprint density at radius 3 is 2.43 bits per heavy atom. The largest absolute Gasteiger partial charge is 0.393 e. The highest BCUT2D eigenvalue weighted by molar-refractivity contribution is 4.97. The molecule has 4 fully saturated rings. The fourth-order valence-corrected chi connectivity index (χ4v) is 5.88. The van der Waals surface area contributed by atoms with E-state index in [2.05, 4.69) is 0 Å². The quantitative estimate of drug-likeness (QED) is 0.822. The van der Waals surface area contributed by atoms with Crippen LogP contribution >= 0.6 is 0 Å². The van der Waals surface area contributed by atoms with Gasteiger partial charge in [0.15, 0.2) is 0 Å². The molecule has 0 radical (unpaired) electrons. The summed E-state index contributed by atoms with van der Waals surface area (Å²) in [6.45, 7) is 0.889. The standard InChI is InChI=1S/C19H32O2/c20-18(17-8-11-21-19(13-17)9-3-10-19)16-7-6-14-4-1-2-5-15(14)12-16/h14-18,20H,1-13H2. The van der Waals surface area contributed by atoms with Crippen molar-refractivity contribution in [3.05, 3.63) is 0 Å². The molecule has 0 aromatic heterocycles. The second-order valence-corrected chi connectivity index (χ2v) is 8.51. The van der Waals surface area contributed by atoms with E-state index in [1.165, 1.54) is 64.2 Å². The molecule has 5 unspecified atom stereocenters. The maximum atomic E-state index is 11.0. The molecule has 4 aliphatic rings. The van der Waals surface area contributed by atoms with Crippen molar-refractivity contribution in [3.8, 4) is 0 Å². The fraction of sp³-hybridized carbons (Fsp3) is 1.00. The normalized spacial score (nSPS) is 43.9. The Bertz CT molecular complexity index is 363. The summed E-state index contributed by atoms with van der Waals surface area (Å²) < 4.78 is 6.04. The average molecular weight is 292 g/mol. The van der Waals surface area contributed by atoms with Gasteiger partial charge in [-0.2, -0.15) is 0 Å². The molecule has 21 heavy (non-hydrogen) atoms. The molecule has 1 N–H and O–H groups in total. The van der Waals surface area contributed by atoms with Crippen LogP contribution in [0.25, 0.3) is 0 Å². The van der Waals surface area contributed by atoms with Gasteiger partial charge in [-0.3, -0.25) is 0 Å². The van der Waals surface area contributed by atoms with E-state index in [1.807, 2.05) is 0 Å². The van der Waals surface area contributed by atoms with Gasteiger partial charge in [-0.05, 0) is 75.0 Å².